The second-order valence-corrected chi connectivity index (χ2v) is 4.39. The molecule has 0 heterocycles. The van der Waals surface area contributed by atoms with Crippen LogP contribution in [0.5, 0.6) is 5.75 Å². The van der Waals surface area contributed by atoms with Crippen LogP contribution in [0.2, 0.25) is 0 Å². The molecule has 0 bridgehead atoms. The molecule has 18 heavy (non-hydrogen) atoms. The molecule has 0 unspecified atom stereocenters. The van der Waals surface area contributed by atoms with Gasteiger partial charge in [0.25, 0.3) is 0 Å². The monoisotopic (exact) mass is 316 g/mol. The third-order valence-corrected chi connectivity index (χ3v) is 3.21. The van der Waals surface area contributed by atoms with Crippen molar-refractivity contribution in [3.05, 3.63) is 31.8 Å². The van der Waals surface area contributed by atoms with Gasteiger partial charge in [-0.15, -0.1) is 0 Å². The number of hydrogen-bond acceptors (Lipinski definition) is 5. The SMILES string of the molecule is CNCCc1c(Br)cc([N+](=O)[O-])c(OC)c1C=O. The normalized spacial score (nSPS) is 10.2. The Bertz CT molecular complexity index is 477. The van der Waals surface area contributed by atoms with E-state index < -0.39 is 4.92 Å². The number of nitro benzene ring substituents is 1. The van der Waals surface area contributed by atoms with Gasteiger partial charge in [-0.05, 0) is 25.6 Å². The van der Waals surface area contributed by atoms with E-state index in [4.69, 9.17) is 4.74 Å². The molecule has 1 aromatic rings. The molecule has 0 aliphatic rings. The number of nitrogens with zero attached hydrogens (tertiary/aromatic N) is 1. The van der Waals surface area contributed by atoms with Gasteiger partial charge in [-0.25, -0.2) is 0 Å². The van der Waals surface area contributed by atoms with Crippen molar-refractivity contribution in [1.29, 1.82) is 0 Å². The van der Waals surface area contributed by atoms with Gasteiger partial charge < -0.3 is 10.1 Å². The Morgan fingerprint density at radius 1 is 1.61 bits per heavy atom. The van der Waals surface area contributed by atoms with Gasteiger partial charge in [-0.3, -0.25) is 14.9 Å². The van der Waals surface area contributed by atoms with Crippen LogP contribution in [0.1, 0.15) is 15.9 Å². The Morgan fingerprint density at radius 3 is 2.72 bits per heavy atom. The van der Waals surface area contributed by atoms with Gasteiger partial charge in [0.2, 0.25) is 5.75 Å². The van der Waals surface area contributed by atoms with E-state index >= 15 is 0 Å². The summed E-state index contributed by atoms with van der Waals surface area (Å²) >= 11 is 3.25. The zero-order valence-electron chi connectivity index (χ0n) is 10.0. The van der Waals surface area contributed by atoms with Crippen molar-refractivity contribution >= 4 is 27.9 Å². The first kappa shape index (κ1) is 14.6. The minimum absolute atomic E-state index is 0.00398. The molecular formula is C11H13BrN2O4. The highest BCUT2D eigenvalue weighted by molar-refractivity contribution is 9.10. The summed E-state index contributed by atoms with van der Waals surface area (Å²) < 4.78 is 5.52. The van der Waals surface area contributed by atoms with Crippen LogP contribution in [0.15, 0.2) is 10.5 Å². The Kier molecular flexibility index (Phi) is 5.24. The van der Waals surface area contributed by atoms with Crippen molar-refractivity contribution < 1.29 is 14.5 Å². The van der Waals surface area contributed by atoms with E-state index in [1.807, 2.05) is 0 Å². The lowest BCUT2D eigenvalue weighted by Gasteiger charge is -2.12. The molecule has 0 aliphatic heterocycles. The standard InChI is InChI=1S/C11H13BrN2O4/c1-13-4-3-7-8(6-15)11(18-2)10(14(16)17)5-9(7)12/h5-6,13H,3-4H2,1-2H3. The molecule has 0 radical (unpaired) electrons. The van der Waals surface area contributed by atoms with Crippen molar-refractivity contribution in [2.24, 2.45) is 0 Å². The fourth-order valence-corrected chi connectivity index (χ4v) is 2.28. The van der Waals surface area contributed by atoms with Gasteiger partial charge in [-0.2, -0.15) is 0 Å². The molecule has 7 heteroatoms. The fourth-order valence-electron chi connectivity index (χ4n) is 1.66. The first-order valence-corrected chi connectivity index (χ1v) is 5.99. The van der Waals surface area contributed by atoms with E-state index in [-0.39, 0.29) is 17.0 Å². The second-order valence-electron chi connectivity index (χ2n) is 3.53. The lowest BCUT2D eigenvalue weighted by Crippen LogP contribution is -2.13. The summed E-state index contributed by atoms with van der Waals surface area (Å²) in [6.07, 6.45) is 1.15. The molecular weight excluding hydrogens is 304 g/mol. The van der Waals surface area contributed by atoms with E-state index in [9.17, 15) is 14.9 Å². The van der Waals surface area contributed by atoms with Gasteiger partial charge in [0.05, 0.1) is 17.6 Å². The zero-order chi connectivity index (χ0) is 13.7. The highest BCUT2D eigenvalue weighted by Crippen LogP contribution is 2.37. The van der Waals surface area contributed by atoms with Crippen molar-refractivity contribution in [2.75, 3.05) is 20.7 Å². The molecule has 98 valence electrons. The molecule has 1 rings (SSSR count). The summed E-state index contributed by atoms with van der Waals surface area (Å²) in [5.41, 5.74) is 0.690. The molecule has 0 amide bonds. The number of carbonyl (C=O) groups is 1. The van der Waals surface area contributed by atoms with Crippen LogP contribution < -0.4 is 10.1 Å². The summed E-state index contributed by atoms with van der Waals surface area (Å²) in [6, 6.07) is 1.36. The van der Waals surface area contributed by atoms with Gasteiger partial charge in [-0.1, -0.05) is 15.9 Å². The first-order chi connectivity index (χ1) is 8.56. The first-order valence-electron chi connectivity index (χ1n) is 5.20. The smallest absolute Gasteiger partial charge is 0.312 e. The molecule has 6 nitrogen and oxygen atoms in total. The minimum atomic E-state index is -0.571. The van der Waals surface area contributed by atoms with Crippen LogP contribution in [0.25, 0.3) is 0 Å². The number of carbonyl (C=O) groups excluding carboxylic acids is 1. The number of halogens is 1. The quantitative estimate of drug-likeness (QED) is 0.493. The number of methoxy groups -OCH3 is 1. The molecule has 0 spiro atoms. The van der Waals surface area contributed by atoms with E-state index in [1.54, 1.807) is 7.05 Å². The number of aldehydes is 1. The third kappa shape index (κ3) is 2.85. The number of likely N-dealkylation sites (N-methyl/N-ethyl adjacent to an activating group) is 1. The molecule has 0 atom stereocenters. The van der Waals surface area contributed by atoms with E-state index in [2.05, 4.69) is 21.2 Å². The second kappa shape index (κ2) is 6.46. The number of rotatable bonds is 6. The maximum Gasteiger partial charge on any atom is 0.312 e. The average molecular weight is 317 g/mol. The summed E-state index contributed by atoms with van der Waals surface area (Å²) in [5.74, 6) is 0.00398. The Balaban J connectivity index is 3.44. The lowest BCUT2D eigenvalue weighted by molar-refractivity contribution is -0.385. The summed E-state index contributed by atoms with van der Waals surface area (Å²) in [4.78, 5) is 21.5. The van der Waals surface area contributed by atoms with Crippen molar-refractivity contribution in [3.63, 3.8) is 0 Å². The van der Waals surface area contributed by atoms with Crippen molar-refractivity contribution in [1.82, 2.24) is 5.32 Å². The summed E-state index contributed by atoms with van der Waals surface area (Å²) in [7, 11) is 3.10. The van der Waals surface area contributed by atoms with Crippen LogP contribution in [0, 0.1) is 10.1 Å². The summed E-state index contributed by atoms with van der Waals surface area (Å²) in [6.45, 7) is 0.653. The zero-order valence-corrected chi connectivity index (χ0v) is 11.6. The Labute approximate surface area is 113 Å². The van der Waals surface area contributed by atoms with Crippen molar-refractivity contribution in [3.8, 4) is 5.75 Å². The lowest BCUT2D eigenvalue weighted by atomic mass is 10.0. The van der Waals surface area contributed by atoms with Crippen LogP contribution in [0.4, 0.5) is 5.69 Å². The van der Waals surface area contributed by atoms with Crippen LogP contribution in [-0.2, 0) is 6.42 Å². The van der Waals surface area contributed by atoms with Crippen LogP contribution >= 0.6 is 15.9 Å². The fraction of sp³-hybridized carbons (Fsp3) is 0.364. The maximum atomic E-state index is 11.2. The summed E-state index contributed by atoms with van der Waals surface area (Å²) in [5, 5.41) is 13.9. The number of benzene rings is 1. The highest BCUT2D eigenvalue weighted by atomic mass is 79.9. The van der Waals surface area contributed by atoms with Gasteiger partial charge in [0.15, 0.2) is 6.29 Å². The van der Waals surface area contributed by atoms with Crippen molar-refractivity contribution in [2.45, 2.75) is 6.42 Å². The molecule has 1 aromatic carbocycles. The Hall–Kier alpha value is -1.47. The molecule has 1 N–H and O–H groups in total. The van der Waals surface area contributed by atoms with E-state index in [1.165, 1.54) is 13.2 Å². The number of ether oxygens (including phenoxy) is 1. The van der Waals surface area contributed by atoms with Crippen LogP contribution in [-0.4, -0.2) is 31.9 Å². The average Bonchev–Trinajstić information content (AvgIpc) is 2.35. The minimum Gasteiger partial charge on any atom is -0.490 e. The molecule has 0 aliphatic carbocycles. The predicted octanol–water partition coefficient (Wildman–Crippen LogP) is 1.94. The topological polar surface area (TPSA) is 81.5 Å². The van der Waals surface area contributed by atoms with Gasteiger partial charge >= 0.3 is 5.69 Å². The van der Waals surface area contributed by atoms with E-state index in [0.29, 0.717) is 29.3 Å². The third-order valence-electron chi connectivity index (χ3n) is 2.50. The van der Waals surface area contributed by atoms with Crippen LogP contribution in [0.3, 0.4) is 0 Å². The molecule has 0 saturated heterocycles. The highest BCUT2D eigenvalue weighted by Gasteiger charge is 2.24. The molecule has 0 saturated carbocycles. The van der Waals surface area contributed by atoms with Gasteiger partial charge in [0.1, 0.15) is 0 Å². The number of hydrogen-bond donors (Lipinski definition) is 1. The predicted molar refractivity (Wildman–Crippen MR) is 70.4 cm³/mol. The number of nitrogens with one attached hydrogen (secondary N) is 1. The van der Waals surface area contributed by atoms with E-state index in [0.717, 1.165) is 0 Å². The molecule has 0 fully saturated rings. The maximum absolute atomic E-state index is 11.2. The Morgan fingerprint density at radius 2 is 2.28 bits per heavy atom. The van der Waals surface area contributed by atoms with Gasteiger partial charge in [0, 0.05) is 10.5 Å². The largest absolute Gasteiger partial charge is 0.490 e. The molecule has 0 aromatic heterocycles. The number of nitro groups is 1.